The van der Waals surface area contributed by atoms with E-state index in [2.05, 4.69) is 11.4 Å². The van der Waals surface area contributed by atoms with Crippen LogP contribution in [0.25, 0.3) is 0 Å². The number of thiophene rings is 1. The summed E-state index contributed by atoms with van der Waals surface area (Å²) in [5.74, 6) is 0.484. The average molecular weight is 320 g/mol. The smallest absolute Gasteiger partial charge is 0.265 e. The second-order valence-corrected chi connectivity index (χ2v) is 6.81. The number of carbonyl (C=O) groups excluding carboxylic acids is 1. The van der Waals surface area contributed by atoms with Gasteiger partial charge in [-0.3, -0.25) is 4.79 Å². The first-order valence-corrected chi connectivity index (χ1v) is 8.69. The van der Waals surface area contributed by atoms with Gasteiger partial charge in [-0.2, -0.15) is 0 Å². The lowest BCUT2D eigenvalue weighted by Crippen LogP contribution is -2.10. The third-order valence-electron chi connectivity index (χ3n) is 3.84. The minimum absolute atomic E-state index is 0.00769. The average Bonchev–Trinajstić information content (AvgIpc) is 2.79. The van der Waals surface area contributed by atoms with Gasteiger partial charge in [0, 0.05) is 16.4 Å². The van der Waals surface area contributed by atoms with E-state index < -0.39 is 0 Å². The fourth-order valence-corrected chi connectivity index (χ4v) is 3.98. The minimum Gasteiger partial charge on any atom is -0.321 e. The molecule has 0 atom stereocenters. The Morgan fingerprint density at radius 1 is 1.14 bits per heavy atom. The third kappa shape index (κ3) is 3.47. The van der Waals surface area contributed by atoms with Gasteiger partial charge in [0.15, 0.2) is 0 Å². The fraction of sp³-hybridized carbons (Fsp3) is 0.353. The molecule has 1 aliphatic rings. The fourth-order valence-electron chi connectivity index (χ4n) is 2.65. The molecular formula is C17H18ClNOS. The maximum absolute atomic E-state index is 12.3. The van der Waals surface area contributed by atoms with Gasteiger partial charge in [-0.05, 0) is 55.0 Å². The number of benzene rings is 1. The number of aryl methyl sites for hydroxylation is 2. The van der Waals surface area contributed by atoms with Gasteiger partial charge in [0.25, 0.3) is 5.91 Å². The van der Waals surface area contributed by atoms with E-state index in [1.165, 1.54) is 29.7 Å². The zero-order valence-corrected chi connectivity index (χ0v) is 13.4. The van der Waals surface area contributed by atoms with E-state index in [0.717, 1.165) is 29.0 Å². The van der Waals surface area contributed by atoms with Gasteiger partial charge in [-0.25, -0.2) is 0 Å². The lowest BCUT2D eigenvalue weighted by molar-refractivity contribution is 0.103. The van der Waals surface area contributed by atoms with Crippen LogP contribution >= 0.6 is 22.9 Å². The molecule has 0 spiro atoms. The zero-order chi connectivity index (χ0) is 14.7. The Balaban J connectivity index is 1.72. The number of fused-ring (bicyclic) bond motifs is 1. The molecule has 3 rings (SSSR count). The summed E-state index contributed by atoms with van der Waals surface area (Å²) in [7, 11) is 0. The van der Waals surface area contributed by atoms with Crippen molar-refractivity contribution in [2.45, 2.75) is 38.0 Å². The van der Waals surface area contributed by atoms with Crippen molar-refractivity contribution in [1.29, 1.82) is 0 Å². The summed E-state index contributed by atoms with van der Waals surface area (Å²) in [6.07, 6.45) is 6.02. The molecule has 2 nitrogen and oxygen atoms in total. The van der Waals surface area contributed by atoms with Crippen molar-refractivity contribution in [1.82, 2.24) is 0 Å². The molecule has 21 heavy (non-hydrogen) atoms. The molecule has 0 fully saturated rings. The molecule has 1 amide bonds. The predicted octanol–water partition coefficient (Wildman–Crippen LogP) is 5.01. The number of halogens is 1. The second kappa shape index (κ2) is 6.63. The van der Waals surface area contributed by atoms with Gasteiger partial charge in [-0.1, -0.05) is 18.6 Å². The third-order valence-corrected chi connectivity index (χ3v) is 5.38. The number of anilines is 1. The van der Waals surface area contributed by atoms with Crippen LogP contribution in [0.3, 0.4) is 0 Å². The van der Waals surface area contributed by atoms with Crippen molar-refractivity contribution in [2.75, 3.05) is 5.32 Å². The lowest BCUT2D eigenvalue weighted by atomic mass is 10.1. The molecule has 110 valence electrons. The molecule has 1 aliphatic carbocycles. The highest BCUT2D eigenvalue weighted by Gasteiger charge is 2.16. The maximum atomic E-state index is 12.3. The maximum Gasteiger partial charge on any atom is 0.265 e. The summed E-state index contributed by atoms with van der Waals surface area (Å²) in [6, 6.07) is 9.74. The zero-order valence-electron chi connectivity index (χ0n) is 11.8. The van der Waals surface area contributed by atoms with Crippen molar-refractivity contribution in [3.05, 3.63) is 51.2 Å². The summed E-state index contributed by atoms with van der Waals surface area (Å²) < 4.78 is 0. The summed E-state index contributed by atoms with van der Waals surface area (Å²) in [5, 5.41) is 2.96. The SMILES string of the molecule is O=C(Nc1ccc(CCl)cc1)c1cc2c(s1)CCCCC2. The Kier molecular flexibility index (Phi) is 4.61. The lowest BCUT2D eigenvalue weighted by Gasteiger charge is -2.04. The van der Waals surface area contributed by atoms with E-state index in [9.17, 15) is 4.79 Å². The first-order valence-electron chi connectivity index (χ1n) is 7.34. The van der Waals surface area contributed by atoms with Crippen LogP contribution in [0.1, 0.15) is 44.9 Å². The van der Waals surface area contributed by atoms with Crippen LogP contribution in [0.5, 0.6) is 0 Å². The summed E-state index contributed by atoms with van der Waals surface area (Å²) in [4.78, 5) is 14.6. The van der Waals surface area contributed by atoms with Crippen LogP contribution in [0.4, 0.5) is 5.69 Å². The summed E-state index contributed by atoms with van der Waals surface area (Å²) in [6.45, 7) is 0. The van der Waals surface area contributed by atoms with Crippen LogP contribution in [-0.2, 0) is 18.7 Å². The minimum atomic E-state index is -0.00769. The van der Waals surface area contributed by atoms with Gasteiger partial charge in [-0.15, -0.1) is 22.9 Å². The molecule has 1 N–H and O–H groups in total. The predicted molar refractivity (Wildman–Crippen MR) is 89.5 cm³/mol. The van der Waals surface area contributed by atoms with Crippen LogP contribution in [0.2, 0.25) is 0 Å². The Labute approximate surface area is 134 Å². The molecule has 4 heteroatoms. The quantitative estimate of drug-likeness (QED) is 0.625. The summed E-state index contributed by atoms with van der Waals surface area (Å²) >= 11 is 7.42. The summed E-state index contributed by atoms with van der Waals surface area (Å²) in [5.41, 5.74) is 3.25. The topological polar surface area (TPSA) is 29.1 Å². The van der Waals surface area contributed by atoms with Crippen LogP contribution in [0.15, 0.2) is 30.3 Å². The first kappa shape index (κ1) is 14.6. The van der Waals surface area contributed by atoms with Gasteiger partial charge in [0.05, 0.1) is 4.88 Å². The Morgan fingerprint density at radius 3 is 2.67 bits per heavy atom. The number of alkyl halides is 1. The van der Waals surface area contributed by atoms with Crippen molar-refractivity contribution in [3.63, 3.8) is 0 Å². The van der Waals surface area contributed by atoms with Crippen molar-refractivity contribution in [2.24, 2.45) is 0 Å². The van der Waals surface area contributed by atoms with E-state index in [4.69, 9.17) is 11.6 Å². The van der Waals surface area contributed by atoms with E-state index in [1.807, 2.05) is 24.3 Å². The molecule has 0 bridgehead atoms. The number of nitrogens with one attached hydrogen (secondary N) is 1. The van der Waals surface area contributed by atoms with E-state index in [-0.39, 0.29) is 5.91 Å². The molecule has 1 heterocycles. The normalized spacial score (nSPS) is 14.3. The van der Waals surface area contributed by atoms with Gasteiger partial charge in [0.2, 0.25) is 0 Å². The highest BCUT2D eigenvalue weighted by Crippen LogP contribution is 2.29. The second-order valence-electron chi connectivity index (χ2n) is 5.40. The Bertz CT molecular complexity index is 609. The number of amides is 1. The van der Waals surface area contributed by atoms with Gasteiger partial charge in [0.1, 0.15) is 0 Å². The molecular weight excluding hydrogens is 302 g/mol. The largest absolute Gasteiger partial charge is 0.321 e. The van der Waals surface area contributed by atoms with Gasteiger partial charge >= 0.3 is 0 Å². The first-order chi connectivity index (χ1) is 10.3. The molecule has 1 aromatic heterocycles. The number of rotatable bonds is 3. The van der Waals surface area contributed by atoms with Crippen LogP contribution in [-0.4, -0.2) is 5.91 Å². The Hall–Kier alpha value is -1.32. The van der Waals surface area contributed by atoms with E-state index in [0.29, 0.717) is 5.88 Å². The van der Waals surface area contributed by atoms with Crippen molar-refractivity contribution < 1.29 is 4.79 Å². The molecule has 0 saturated heterocycles. The molecule has 0 radical (unpaired) electrons. The highest BCUT2D eigenvalue weighted by molar-refractivity contribution is 7.14. The Morgan fingerprint density at radius 2 is 1.90 bits per heavy atom. The molecule has 0 aliphatic heterocycles. The van der Waals surface area contributed by atoms with E-state index >= 15 is 0 Å². The highest BCUT2D eigenvalue weighted by atomic mass is 35.5. The van der Waals surface area contributed by atoms with Crippen molar-refractivity contribution >= 4 is 34.5 Å². The molecule has 0 unspecified atom stereocenters. The number of carbonyl (C=O) groups is 1. The number of hydrogen-bond donors (Lipinski definition) is 1. The molecule has 0 saturated carbocycles. The number of hydrogen-bond acceptors (Lipinski definition) is 2. The van der Waals surface area contributed by atoms with Crippen LogP contribution < -0.4 is 5.32 Å². The monoisotopic (exact) mass is 319 g/mol. The molecule has 1 aromatic carbocycles. The van der Waals surface area contributed by atoms with E-state index in [1.54, 1.807) is 11.3 Å². The standard InChI is InChI=1S/C17H18ClNOS/c18-11-12-6-8-14(9-7-12)19-17(20)16-10-13-4-2-1-3-5-15(13)21-16/h6-10H,1-5,11H2,(H,19,20). The molecule has 2 aromatic rings. The van der Waals surface area contributed by atoms with Crippen molar-refractivity contribution in [3.8, 4) is 0 Å². The van der Waals surface area contributed by atoms with Crippen LogP contribution in [0, 0.1) is 0 Å². The van der Waals surface area contributed by atoms with Gasteiger partial charge < -0.3 is 5.32 Å².